The molecular formula is C13H9Br3S. The summed E-state index contributed by atoms with van der Waals surface area (Å²) in [6.45, 7) is 0. The summed E-state index contributed by atoms with van der Waals surface area (Å²) in [7, 11) is 0. The van der Waals surface area contributed by atoms with Gasteiger partial charge in [-0.1, -0.05) is 46.3 Å². The van der Waals surface area contributed by atoms with Gasteiger partial charge in [0.1, 0.15) is 0 Å². The number of alkyl halides is 1. The Morgan fingerprint density at radius 1 is 1.18 bits per heavy atom. The zero-order valence-electron chi connectivity index (χ0n) is 8.79. The van der Waals surface area contributed by atoms with E-state index in [0.29, 0.717) is 5.92 Å². The van der Waals surface area contributed by atoms with E-state index >= 15 is 0 Å². The van der Waals surface area contributed by atoms with Crippen LogP contribution in [0, 0.1) is 0 Å². The fourth-order valence-electron chi connectivity index (χ4n) is 2.23. The van der Waals surface area contributed by atoms with Crippen LogP contribution in [-0.4, -0.2) is 0 Å². The first-order chi connectivity index (χ1) is 8.11. The van der Waals surface area contributed by atoms with E-state index in [0.717, 1.165) is 0 Å². The van der Waals surface area contributed by atoms with Crippen molar-refractivity contribution in [2.24, 2.45) is 0 Å². The Morgan fingerprint density at radius 3 is 2.47 bits per heavy atom. The monoisotopic (exact) mass is 434 g/mol. The van der Waals surface area contributed by atoms with Gasteiger partial charge in [-0.25, -0.2) is 0 Å². The molecule has 0 bridgehead atoms. The molecule has 0 spiro atoms. The van der Waals surface area contributed by atoms with Gasteiger partial charge in [0.25, 0.3) is 0 Å². The van der Waals surface area contributed by atoms with Crippen molar-refractivity contribution >= 4 is 59.1 Å². The SMILES string of the molecule is Brc1cc(C2(Br)CC2c2ccccc2)c(Br)s1. The Labute approximate surface area is 130 Å². The third-order valence-electron chi connectivity index (χ3n) is 3.20. The van der Waals surface area contributed by atoms with E-state index < -0.39 is 0 Å². The smallest absolute Gasteiger partial charge is 0.0756 e. The highest BCUT2D eigenvalue weighted by Crippen LogP contribution is 2.66. The highest BCUT2D eigenvalue weighted by atomic mass is 79.9. The van der Waals surface area contributed by atoms with Crippen molar-refractivity contribution in [1.82, 2.24) is 0 Å². The Morgan fingerprint density at radius 2 is 1.88 bits per heavy atom. The molecule has 17 heavy (non-hydrogen) atoms. The molecule has 2 aromatic rings. The summed E-state index contributed by atoms with van der Waals surface area (Å²) in [6.07, 6.45) is 1.17. The molecule has 1 aliphatic rings. The molecule has 0 N–H and O–H groups in total. The third-order valence-corrected chi connectivity index (χ3v) is 6.84. The van der Waals surface area contributed by atoms with E-state index in [9.17, 15) is 0 Å². The van der Waals surface area contributed by atoms with Crippen LogP contribution in [0.25, 0.3) is 0 Å². The lowest BCUT2D eigenvalue weighted by Gasteiger charge is -2.08. The second kappa shape index (κ2) is 4.48. The molecule has 0 saturated heterocycles. The maximum Gasteiger partial charge on any atom is 0.0756 e. The summed E-state index contributed by atoms with van der Waals surface area (Å²) in [4.78, 5) is 0. The van der Waals surface area contributed by atoms with E-state index in [1.54, 1.807) is 11.3 Å². The molecule has 1 fully saturated rings. The molecular weight excluding hydrogens is 428 g/mol. The van der Waals surface area contributed by atoms with E-state index in [-0.39, 0.29) is 4.32 Å². The van der Waals surface area contributed by atoms with Gasteiger partial charge in [0.05, 0.1) is 11.9 Å². The second-order valence-electron chi connectivity index (χ2n) is 4.27. The van der Waals surface area contributed by atoms with Crippen molar-refractivity contribution in [3.8, 4) is 0 Å². The summed E-state index contributed by atoms with van der Waals surface area (Å²) >= 11 is 12.9. The van der Waals surface area contributed by atoms with Crippen LogP contribution in [0.2, 0.25) is 0 Å². The molecule has 2 unspecified atom stereocenters. The highest BCUT2D eigenvalue weighted by Gasteiger charge is 2.55. The van der Waals surface area contributed by atoms with Gasteiger partial charge in [-0.3, -0.25) is 0 Å². The van der Waals surface area contributed by atoms with Crippen LogP contribution in [0.3, 0.4) is 0 Å². The van der Waals surface area contributed by atoms with Crippen molar-refractivity contribution in [3.63, 3.8) is 0 Å². The first-order valence-electron chi connectivity index (χ1n) is 5.30. The lowest BCUT2D eigenvalue weighted by molar-refractivity contribution is 0.977. The molecule has 3 rings (SSSR count). The summed E-state index contributed by atoms with van der Waals surface area (Å²) < 4.78 is 2.52. The zero-order valence-corrected chi connectivity index (χ0v) is 14.4. The van der Waals surface area contributed by atoms with E-state index in [1.165, 1.54) is 25.1 Å². The highest BCUT2D eigenvalue weighted by molar-refractivity contribution is 9.12. The maximum absolute atomic E-state index is 3.92. The molecule has 0 radical (unpaired) electrons. The fraction of sp³-hybridized carbons (Fsp3) is 0.231. The van der Waals surface area contributed by atoms with Gasteiger partial charge in [-0.05, 0) is 55.5 Å². The van der Waals surface area contributed by atoms with Crippen LogP contribution >= 0.6 is 59.1 Å². The van der Waals surface area contributed by atoms with Crippen LogP contribution in [0.15, 0.2) is 44.0 Å². The molecule has 1 heterocycles. The van der Waals surface area contributed by atoms with Crippen LogP contribution in [0.5, 0.6) is 0 Å². The van der Waals surface area contributed by atoms with Gasteiger partial charge in [-0.2, -0.15) is 0 Å². The van der Waals surface area contributed by atoms with E-state index in [1.807, 2.05) is 0 Å². The van der Waals surface area contributed by atoms with Crippen LogP contribution < -0.4 is 0 Å². The number of thiophene rings is 1. The van der Waals surface area contributed by atoms with Crippen molar-refractivity contribution in [2.75, 3.05) is 0 Å². The normalized spacial score (nSPS) is 27.1. The van der Waals surface area contributed by atoms with Gasteiger partial charge < -0.3 is 0 Å². The molecule has 2 atom stereocenters. The number of halogens is 3. The molecule has 0 nitrogen and oxygen atoms in total. The van der Waals surface area contributed by atoms with Crippen molar-refractivity contribution in [2.45, 2.75) is 16.7 Å². The molecule has 0 amide bonds. The molecule has 0 aliphatic heterocycles. The van der Waals surface area contributed by atoms with Gasteiger partial charge in [-0.15, -0.1) is 11.3 Å². The summed E-state index contributed by atoms with van der Waals surface area (Å²) in [5.74, 6) is 0.585. The fourth-order valence-corrected chi connectivity index (χ4v) is 6.58. The van der Waals surface area contributed by atoms with Crippen molar-refractivity contribution < 1.29 is 0 Å². The average Bonchev–Trinajstić information content (AvgIpc) is 2.88. The van der Waals surface area contributed by atoms with Crippen LogP contribution in [0.1, 0.15) is 23.5 Å². The topological polar surface area (TPSA) is 0 Å². The third kappa shape index (κ3) is 2.18. The Hall–Kier alpha value is 0.360. The predicted octanol–water partition coefficient (Wildman–Crippen LogP) is 6.05. The second-order valence-corrected chi connectivity index (χ2v) is 9.43. The predicted molar refractivity (Wildman–Crippen MR) is 84.1 cm³/mol. The van der Waals surface area contributed by atoms with Crippen LogP contribution in [0.4, 0.5) is 0 Å². The summed E-state index contributed by atoms with van der Waals surface area (Å²) in [5, 5.41) is 0. The largest absolute Gasteiger partial charge is 0.121 e. The zero-order chi connectivity index (χ0) is 12.0. The lowest BCUT2D eigenvalue weighted by atomic mass is 10.1. The quantitative estimate of drug-likeness (QED) is 0.502. The van der Waals surface area contributed by atoms with Gasteiger partial charge in [0.15, 0.2) is 0 Å². The average molecular weight is 437 g/mol. The van der Waals surface area contributed by atoms with Gasteiger partial charge >= 0.3 is 0 Å². The number of hydrogen-bond donors (Lipinski definition) is 0. The minimum atomic E-state index is 0.121. The summed E-state index contributed by atoms with van der Waals surface area (Å²) in [5.41, 5.74) is 2.78. The van der Waals surface area contributed by atoms with Crippen LogP contribution in [-0.2, 0) is 4.32 Å². The molecule has 88 valence electrons. The Kier molecular flexibility index (Phi) is 3.27. The van der Waals surface area contributed by atoms with E-state index in [4.69, 9.17) is 0 Å². The van der Waals surface area contributed by atoms with Crippen molar-refractivity contribution in [3.05, 3.63) is 55.1 Å². The first-order valence-corrected chi connectivity index (χ1v) is 8.50. The molecule has 1 aromatic carbocycles. The molecule has 4 heteroatoms. The number of hydrogen-bond acceptors (Lipinski definition) is 1. The molecule has 1 aliphatic carbocycles. The standard InChI is InChI=1S/C13H9Br3S/c14-11-6-9(12(15)17-11)13(16)7-10(13)8-4-2-1-3-5-8/h1-6,10H,7H2. The van der Waals surface area contributed by atoms with Crippen molar-refractivity contribution in [1.29, 1.82) is 0 Å². The minimum Gasteiger partial charge on any atom is -0.121 e. The first kappa shape index (κ1) is 12.4. The maximum atomic E-state index is 3.92. The molecule has 1 saturated carbocycles. The number of benzene rings is 1. The van der Waals surface area contributed by atoms with Gasteiger partial charge in [0, 0.05) is 5.92 Å². The van der Waals surface area contributed by atoms with Gasteiger partial charge in [0.2, 0.25) is 0 Å². The lowest BCUT2D eigenvalue weighted by Crippen LogP contribution is -1.98. The molecule has 1 aromatic heterocycles. The summed E-state index contributed by atoms with van der Waals surface area (Å²) in [6, 6.07) is 12.9. The Bertz CT molecular complexity index is 549. The Balaban J connectivity index is 1.94. The number of rotatable bonds is 2. The van der Waals surface area contributed by atoms with E-state index in [2.05, 4.69) is 84.2 Å². The minimum absolute atomic E-state index is 0.121.